The summed E-state index contributed by atoms with van der Waals surface area (Å²) in [5.74, 6) is 0.293. The number of sulfonamides is 1. The van der Waals surface area contributed by atoms with E-state index in [0.717, 1.165) is 12.8 Å². The van der Waals surface area contributed by atoms with Crippen LogP contribution in [0.4, 0.5) is 5.82 Å². The quantitative estimate of drug-likeness (QED) is 0.861. The van der Waals surface area contributed by atoms with Crippen molar-refractivity contribution < 1.29 is 13.2 Å². The maximum absolute atomic E-state index is 11.7. The molecule has 1 aromatic heterocycles. The summed E-state index contributed by atoms with van der Waals surface area (Å²) in [6.45, 7) is 1.93. The summed E-state index contributed by atoms with van der Waals surface area (Å²) in [5, 5.41) is 8.49. The number of nitrogens with zero attached hydrogens (tertiary/aromatic N) is 1. The van der Waals surface area contributed by atoms with Gasteiger partial charge in [0.2, 0.25) is 10.0 Å². The summed E-state index contributed by atoms with van der Waals surface area (Å²) in [4.78, 5) is 4.17. The Kier molecular flexibility index (Phi) is 4.84. The molecule has 1 saturated heterocycles. The first-order chi connectivity index (χ1) is 11.5. The van der Waals surface area contributed by atoms with Crippen molar-refractivity contribution in [3.8, 4) is 0 Å². The Balaban J connectivity index is 1.88. The standard InChI is InChI=1S/C17H21N3O3S/c18-24(21,22)15-7-4-10-19-16(15)20-13-17(8-11-23-12-9-17)14-5-2-1-3-6-14/h1-7,10H,8-9,11-13H2,(H,19,20)(H2,18,21,22). The Hall–Kier alpha value is -1.96. The molecule has 2 aromatic rings. The van der Waals surface area contributed by atoms with Crippen LogP contribution in [0.1, 0.15) is 18.4 Å². The molecule has 0 radical (unpaired) electrons. The number of aromatic nitrogens is 1. The minimum atomic E-state index is -3.82. The van der Waals surface area contributed by atoms with Gasteiger partial charge in [-0.25, -0.2) is 18.5 Å². The van der Waals surface area contributed by atoms with Crippen molar-refractivity contribution in [2.75, 3.05) is 25.1 Å². The predicted octanol–water partition coefficient (Wildman–Crippen LogP) is 1.89. The van der Waals surface area contributed by atoms with Crippen molar-refractivity contribution in [1.29, 1.82) is 0 Å². The number of hydrogen-bond donors (Lipinski definition) is 2. The predicted molar refractivity (Wildman–Crippen MR) is 92.3 cm³/mol. The SMILES string of the molecule is NS(=O)(=O)c1cccnc1NCC1(c2ccccc2)CCOCC1. The van der Waals surface area contributed by atoms with Gasteiger partial charge in [0, 0.05) is 31.4 Å². The topological polar surface area (TPSA) is 94.3 Å². The average molecular weight is 347 g/mol. The van der Waals surface area contributed by atoms with Crippen molar-refractivity contribution in [1.82, 2.24) is 4.98 Å². The third-order valence-electron chi connectivity index (χ3n) is 4.51. The lowest BCUT2D eigenvalue weighted by Gasteiger charge is -2.38. The van der Waals surface area contributed by atoms with Crippen molar-refractivity contribution in [3.05, 3.63) is 54.2 Å². The van der Waals surface area contributed by atoms with Gasteiger partial charge in [-0.1, -0.05) is 30.3 Å². The number of primary sulfonamides is 1. The zero-order valence-corrected chi connectivity index (χ0v) is 14.1. The molecule has 1 aromatic carbocycles. The van der Waals surface area contributed by atoms with Crippen LogP contribution in [0.15, 0.2) is 53.6 Å². The second-order valence-electron chi connectivity index (χ2n) is 6.01. The third-order valence-corrected chi connectivity index (χ3v) is 5.45. The van der Waals surface area contributed by atoms with Crippen LogP contribution in [0, 0.1) is 0 Å². The summed E-state index contributed by atoms with van der Waals surface area (Å²) < 4.78 is 29.0. The number of benzene rings is 1. The fourth-order valence-corrected chi connectivity index (χ4v) is 3.79. The van der Waals surface area contributed by atoms with E-state index in [4.69, 9.17) is 9.88 Å². The number of ether oxygens (including phenoxy) is 1. The van der Waals surface area contributed by atoms with Gasteiger partial charge in [-0.05, 0) is 30.5 Å². The molecule has 3 rings (SSSR count). The van der Waals surface area contributed by atoms with E-state index in [0.29, 0.717) is 25.6 Å². The van der Waals surface area contributed by atoms with Gasteiger partial charge >= 0.3 is 0 Å². The van der Waals surface area contributed by atoms with E-state index in [1.807, 2.05) is 18.2 Å². The highest BCUT2D eigenvalue weighted by Crippen LogP contribution is 2.35. The van der Waals surface area contributed by atoms with E-state index in [2.05, 4.69) is 22.4 Å². The molecule has 1 aliphatic heterocycles. The molecule has 0 bridgehead atoms. The average Bonchev–Trinajstić information content (AvgIpc) is 2.61. The second-order valence-corrected chi connectivity index (χ2v) is 7.54. The van der Waals surface area contributed by atoms with Crippen LogP contribution in [0.3, 0.4) is 0 Å². The summed E-state index contributed by atoms with van der Waals surface area (Å²) in [7, 11) is -3.82. The van der Waals surface area contributed by atoms with Gasteiger partial charge in [-0.15, -0.1) is 0 Å². The summed E-state index contributed by atoms with van der Waals surface area (Å²) in [6, 6.07) is 13.3. The molecule has 0 aliphatic carbocycles. The van der Waals surface area contributed by atoms with Crippen molar-refractivity contribution >= 4 is 15.8 Å². The normalized spacial score (nSPS) is 17.4. The van der Waals surface area contributed by atoms with E-state index in [1.165, 1.54) is 11.6 Å². The first kappa shape index (κ1) is 16.9. The zero-order valence-electron chi connectivity index (χ0n) is 13.3. The van der Waals surface area contributed by atoms with Crippen LogP contribution in [0.5, 0.6) is 0 Å². The molecule has 3 N–H and O–H groups in total. The molecule has 0 saturated carbocycles. The van der Waals surface area contributed by atoms with Crippen LogP contribution in [0.25, 0.3) is 0 Å². The van der Waals surface area contributed by atoms with Gasteiger partial charge in [-0.2, -0.15) is 0 Å². The molecule has 0 unspecified atom stereocenters. The fourth-order valence-electron chi connectivity index (χ4n) is 3.13. The third kappa shape index (κ3) is 3.58. The maximum atomic E-state index is 11.7. The van der Waals surface area contributed by atoms with Crippen molar-refractivity contribution in [2.45, 2.75) is 23.2 Å². The smallest absolute Gasteiger partial charge is 0.241 e. The number of rotatable bonds is 5. The van der Waals surface area contributed by atoms with Crippen molar-refractivity contribution in [2.24, 2.45) is 5.14 Å². The molecule has 24 heavy (non-hydrogen) atoms. The molecule has 7 heteroatoms. The number of hydrogen-bond acceptors (Lipinski definition) is 5. The van der Waals surface area contributed by atoms with Gasteiger partial charge in [0.15, 0.2) is 0 Å². The highest BCUT2D eigenvalue weighted by Gasteiger charge is 2.34. The molecule has 1 fully saturated rings. The lowest BCUT2D eigenvalue weighted by atomic mass is 9.74. The monoisotopic (exact) mass is 347 g/mol. The lowest BCUT2D eigenvalue weighted by molar-refractivity contribution is 0.0543. The Morgan fingerprint density at radius 2 is 1.83 bits per heavy atom. The molecule has 0 amide bonds. The van der Waals surface area contributed by atoms with Gasteiger partial charge in [0.05, 0.1) is 0 Å². The van der Waals surface area contributed by atoms with E-state index in [-0.39, 0.29) is 10.3 Å². The minimum Gasteiger partial charge on any atom is -0.381 e. The van der Waals surface area contributed by atoms with Crippen LogP contribution in [-0.2, 0) is 20.2 Å². The first-order valence-electron chi connectivity index (χ1n) is 7.86. The van der Waals surface area contributed by atoms with E-state index in [1.54, 1.807) is 12.3 Å². The first-order valence-corrected chi connectivity index (χ1v) is 9.41. The van der Waals surface area contributed by atoms with Gasteiger partial charge in [0.25, 0.3) is 0 Å². The van der Waals surface area contributed by atoms with Crippen LogP contribution >= 0.6 is 0 Å². The van der Waals surface area contributed by atoms with Gasteiger partial charge < -0.3 is 10.1 Å². The molecule has 0 atom stereocenters. The number of nitrogens with one attached hydrogen (secondary N) is 1. The Bertz CT molecular complexity index is 788. The Labute approximate surface area is 142 Å². The minimum absolute atomic E-state index is 0.0141. The van der Waals surface area contributed by atoms with Gasteiger partial charge in [-0.3, -0.25) is 0 Å². The van der Waals surface area contributed by atoms with E-state index < -0.39 is 10.0 Å². The Morgan fingerprint density at radius 1 is 1.12 bits per heavy atom. The summed E-state index contributed by atoms with van der Waals surface area (Å²) in [6.07, 6.45) is 3.28. The van der Waals surface area contributed by atoms with Gasteiger partial charge in [0.1, 0.15) is 10.7 Å². The molecule has 1 aliphatic rings. The zero-order chi connectivity index (χ0) is 17.0. The summed E-state index contributed by atoms with van der Waals surface area (Å²) in [5.41, 5.74) is 1.10. The molecular formula is C17H21N3O3S. The van der Waals surface area contributed by atoms with Crippen LogP contribution < -0.4 is 10.5 Å². The highest BCUT2D eigenvalue weighted by atomic mass is 32.2. The van der Waals surface area contributed by atoms with Crippen molar-refractivity contribution in [3.63, 3.8) is 0 Å². The second kappa shape index (κ2) is 6.88. The largest absolute Gasteiger partial charge is 0.381 e. The maximum Gasteiger partial charge on any atom is 0.241 e. The number of nitrogens with two attached hydrogens (primary N) is 1. The Morgan fingerprint density at radius 3 is 2.50 bits per heavy atom. The number of anilines is 1. The van der Waals surface area contributed by atoms with E-state index in [9.17, 15) is 8.42 Å². The molecule has 2 heterocycles. The van der Waals surface area contributed by atoms with Crippen LogP contribution in [-0.4, -0.2) is 33.2 Å². The molecule has 6 nitrogen and oxygen atoms in total. The molecule has 0 spiro atoms. The fraction of sp³-hybridized carbons (Fsp3) is 0.353. The van der Waals surface area contributed by atoms with Crippen LogP contribution in [0.2, 0.25) is 0 Å². The molecular weight excluding hydrogens is 326 g/mol. The lowest BCUT2D eigenvalue weighted by Crippen LogP contribution is -2.40. The number of pyridine rings is 1. The molecule has 128 valence electrons. The summed E-state index contributed by atoms with van der Waals surface area (Å²) >= 11 is 0. The highest BCUT2D eigenvalue weighted by molar-refractivity contribution is 7.89. The van der Waals surface area contributed by atoms with E-state index >= 15 is 0 Å².